The number of alkyl halides is 1. The molecule has 2 aromatic rings. The third-order valence-electron chi connectivity index (χ3n) is 6.36. The second-order valence-corrected chi connectivity index (χ2v) is 11.0. The van der Waals surface area contributed by atoms with E-state index in [0.717, 1.165) is 22.4 Å². The number of anilines is 1. The summed E-state index contributed by atoms with van der Waals surface area (Å²) in [5, 5.41) is 3.29. The van der Waals surface area contributed by atoms with E-state index in [1.54, 1.807) is 24.3 Å². The van der Waals surface area contributed by atoms with E-state index in [4.69, 9.17) is 16.3 Å². The van der Waals surface area contributed by atoms with Gasteiger partial charge in [-0.2, -0.15) is 4.31 Å². The van der Waals surface area contributed by atoms with Gasteiger partial charge in [-0.15, -0.1) is 0 Å². The van der Waals surface area contributed by atoms with E-state index in [1.807, 2.05) is 51.1 Å². The number of methoxy groups -OCH3 is 1. The molecule has 2 aliphatic rings. The topological polar surface area (TPSA) is 75.7 Å². The first kappa shape index (κ1) is 22.8. The molecule has 2 heterocycles. The number of nitrogens with one attached hydrogen (secondary N) is 1. The number of rotatable bonds is 4. The van der Waals surface area contributed by atoms with Gasteiger partial charge in [0.2, 0.25) is 10.0 Å². The highest BCUT2D eigenvalue weighted by molar-refractivity contribution is 7.89. The zero-order valence-corrected chi connectivity index (χ0v) is 20.1. The minimum atomic E-state index is -4.04. The molecule has 0 radical (unpaired) electrons. The monoisotopic (exact) mass is 474 g/mol. The van der Waals surface area contributed by atoms with Gasteiger partial charge in [0, 0.05) is 5.69 Å². The van der Waals surface area contributed by atoms with Gasteiger partial charge in [-0.25, -0.2) is 8.42 Å². The van der Waals surface area contributed by atoms with Crippen LogP contribution in [0, 0.1) is 6.92 Å². The van der Waals surface area contributed by atoms with Gasteiger partial charge < -0.3 is 10.1 Å². The molecule has 0 aromatic heterocycles. The molecule has 1 fully saturated rings. The van der Waals surface area contributed by atoms with Gasteiger partial charge >= 0.3 is 5.97 Å². The first-order valence-electron chi connectivity index (χ1n) is 10.5. The molecule has 6 nitrogen and oxygen atoms in total. The number of aryl methyl sites for hydroxylation is 1. The molecule has 0 bridgehead atoms. The Morgan fingerprint density at radius 1 is 1.19 bits per heavy atom. The molecule has 4 unspecified atom stereocenters. The number of benzene rings is 2. The molecule has 32 heavy (non-hydrogen) atoms. The van der Waals surface area contributed by atoms with E-state index >= 15 is 0 Å². The number of carbonyl (C=O) groups is 1. The average molecular weight is 475 g/mol. The maximum atomic E-state index is 14.0. The summed E-state index contributed by atoms with van der Waals surface area (Å²) in [6.45, 7) is 5.71. The number of carbonyl (C=O) groups excluding carboxylic acids is 1. The maximum Gasteiger partial charge on any atom is 0.324 e. The zero-order valence-electron chi connectivity index (χ0n) is 18.5. The van der Waals surface area contributed by atoms with E-state index in [0.29, 0.717) is 0 Å². The number of allylic oxidation sites excluding steroid dienone is 1. The van der Waals surface area contributed by atoms with Crippen molar-refractivity contribution in [3.05, 3.63) is 71.3 Å². The van der Waals surface area contributed by atoms with E-state index in [9.17, 15) is 13.2 Å². The molecule has 0 aliphatic carbocycles. The standard InChI is InChI=1S/C24H27ClN2O4S/c1-15(2)13-21-24(18-7-5-6-8-19(18)26-23(24)25)14-20(22(28)31-4)27(21)32(29,30)17-11-9-16(3)10-12-17/h5-13,20-21,23,26H,14H2,1-4H3. The Labute approximate surface area is 194 Å². The van der Waals surface area contributed by atoms with E-state index < -0.39 is 39.0 Å². The van der Waals surface area contributed by atoms with Crippen LogP contribution in [-0.2, 0) is 25.0 Å². The molecular weight excluding hydrogens is 448 g/mol. The van der Waals surface area contributed by atoms with Crippen LogP contribution in [0.3, 0.4) is 0 Å². The molecule has 4 rings (SSSR count). The Hall–Kier alpha value is -2.35. The second kappa shape index (κ2) is 8.21. The summed E-state index contributed by atoms with van der Waals surface area (Å²) in [5.74, 6) is -0.599. The van der Waals surface area contributed by atoms with Crippen LogP contribution in [0.5, 0.6) is 0 Å². The predicted octanol–water partition coefficient (Wildman–Crippen LogP) is 4.19. The van der Waals surface area contributed by atoms with Crippen molar-refractivity contribution >= 4 is 33.3 Å². The lowest BCUT2D eigenvalue weighted by Gasteiger charge is -2.35. The minimum absolute atomic E-state index is 0.131. The second-order valence-electron chi connectivity index (χ2n) is 8.67. The minimum Gasteiger partial charge on any atom is -0.468 e. The molecule has 8 heteroatoms. The van der Waals surface area contributed by atoms with Crippen molar-refractivity contribution < 1.29 is 17.9 Å². The van der Waals surface area contributed by atoms with E-state index in [1.165, 1.54) is 11.4 Å². The SMILES string of the molecule is COC(=O)C1CC2(c3ccccc3NC2Cl)C(C=C(C)C)N1S(=O)(=O)c1ccc(C)cc1. The smallest absolute Gasteiger partial charge is 0.324 e. The Morgan fingerprint density at radius 2 is 1.84 bits per heavy atom. The maximum absolute atomic E-state index is 14.0. The number of hydrogen-bond acceptors (Lipinski definition) is 5. The zero-order chi connectivity index (χ0) is 23.3. The van der Waals surface area contributed by atoms with Crippen LogP contribution < -0.4 is 5.32 Å². The highest BCUT2D eigenvalue weighted by atomic mass is 35.5. The van der Waals surface area contributed by atoms with E-state index in [2.05, 4.69) is 5.32 Å². The van der Waals surface area contributed by atoms with Gasteiger partial charge in [0.15, 0.2) is 0 Å². The van der Waals surface area contributed by atoms with Crippen molar-refractivity contribution in [2.75, 3.05) is 12.4 Å². The lowest BCUT2D eigenvalue weighted by Crippen LogP contribution is -2.49. The van der Waals surface area contributed by atoms with Crippen molar-refractivity contribution in [2.24, 2.45) is 0 Å². The number of fused-ring (bicyclic) bond motifs is 2. The molecule has 1 N–H and O–H groups in total. The molecule has 1 spiro atoms. The van der Waals surface area contributed by atoms with Gasteiger partial charge in [-0.1, -0.05) is 59.1 Å². The van der Waals surface area contributed by atoms with Crippen LogP contribution in [0.1, 0.15) is 31.4 Å². The van der Waals surface area contributed by atoms with Crippen molar-refractivity contribution in [1.82, 2.24) is 4.31 Å². The number of ether oxygens (including phenoxy) is 1. The lowest BCUT2D eigenvalue weighted by atomic mass is 9.74. The van der Waals surface area contributed by atoms with Gasteiger partial charge in [0.25, 0.3) is 0 Å². The van der Waals surface area contributed by atoms with Gasteiger partial charge in [0.1, 0.15) is 11.5 Å². The van der Waals surface area contributed by atoms with Crippen molar-refractivity contribution in [3.8, 4) is 0 Å². The van der Waals surface area contributed by atoms with Gasteiger partial charge in [-0.05, 0) is 51.0 Å². The summed E-state index contributed by atoms with van der Waals surface area (Å²) in [7, 11) is -2.77. The summed E-state index contributed by atoms with van der Waals surface area (Å²) in [6.07, 6.45) is 2.10. The molecule has 0 saturated carbocycles. The molecule has 1 saturated heterocycles. The lowest BCUT2D eigenvalue weighted by molar-refractivity contribution is -0.144. The Bertz CT molecular complexity index is 1170. The number of nitrogens with zero attached hydrogens (tertiary/aromatic N) is 1. The molecule has 4 atom stereocenters. The van der Waals surface area contributed by atoms with Crippen LogP contribution in [0.25, 0.3) is 0 Å². The van der Waals surface area contributed by atoms with E-state index in [-0.39, 0.29) is 11.3 Å². The van der Waals surface area contributed by atoms with Crippen LogP contribution in [-0.4, -0.2) is 43.4 Å². The quantitative estimate of drug-likeness (QED) is 0.311. The largest absolute Gasteiger partial charge is 0.468 e. The van der Waals surface area contributed by atoms with Gasteiger partial charge in [-0.3, -0.25) is 4.79 Å². The Balaban J connectivity index is 1.97. The third kappa shape index (κ3) is 3.43. The summed E-state index contributed by atoms with van der Waals surface area (Å²) in [5.41, 5.74) is 2.17. The summed E-state index contributed by atoms with van der Waals surface area (Å²) >= 11 is 6.90. The predicted molar refractivity (Wildman–Crippen MR) is 125 cm³/mol. The molecule has 2 aliphatic heterocycles. The Kier molecular flexibility index (Phi) is 5.86. The number of hydrogen-bond donors (Lipinski definition) is 1. The van der Waals surface area contributed by atoms with Crippen molar-refractivity contribution in [3.63, 3.8) is 0 Å². The fourth-order valence-electron chi connectivity index (χ4n) is 4.90. The highest BCUT2D eigenvalue weighted by Gasteiger charge is 2.64. The van der Waals surface area contributed by atoms with Crippen LogP contribution in [0.15, 0.2) is 65.1 Å². The van der Waals surface area contributed by atoms with Gasteiger partial charge in [0.05, 0.1) is 23.5 Å². The van der Waals surface area contributed by atoms with Crippen LogP contribution >= 0.6 is 11.6 Å². The summed E-state index contributed by atoms with van der Waals surface area (Å²) in [4.78, 5) is 13.1. The molecule has 2 aromatic carbocycles. The molecule has 170 valence electrons. The average Bonchev–Trinajstić information content (AvgIpc) is 3.24. The number of para-hydroxylation sites is 1. The normalized spacial score (nSPS) is 27.1. The van der Waals surface area contributed by atoms with Crippen LogP contribution in [0.2, 0.25) is 0 Å². The fourth-order valence-corrected chi connectivity index (χ4v) is 7.12. The first-order chi connectivity index (χ1) is 15.1. The number of halogens is 1. The highest BCUT2D eigenvalue weighted by Crippen LogP contribution is 2.55. The summed E-state index contributed by atoms with van der Waals surface area (Å²) in [6, 6.07) is 12.6. The Morgan fingerprint density at radius 3 is 2.47 bits per heavy atom. The summed E-state index contributed by atoms with van der Waals surface area (Å²) < 4.78 is 34.3. The number of sulfonamides is 1. The van der Waals surface area contributed by atoms with Crippen molar-refractivity contribution in [2.45, 2.75) is 55.1 Å². The third-order valence-corrected chi connectivity index (χ3v) is 8.77. The number of esters is 1. The van der Waals surface area contributed by atoms with Crippen LogP contribution in [0.4, 0.5) is 5.69 Å². The first-order valence-corrected chi connectivity index (χ1v) is 12.3. The van der Waals surface area contributed by atoms with Crippen molar-refractivity contribution in [1.29, 1.82) is 0 Å². The molecule has 0 amide bonds. The molecular formula is C24H27ClN2O4S. The fraction of sp³-hybridized carbons (Fsp3) is 0.375.